The average Bonchev–Trinajstić information content (AvgIpc) is 3.53. The summed E-state index contributed by atoms with van der Waals surface area (Å²) < 4.78 is 1.86. The zero-order valence-corrected chi connectivity index (χ0v) is 23.3. The number of para-hydroxylation sites is 1. The molecule has 0 amide bonds. The fraction of sp³-hybridized carbons (Fsp3) is 0. The van der Waals surface area contributed by atoms with Gasteiger partial charge in [0.1, 0.15) is 0 Å². The second-order valence-electron chi connectivity index (χ2n) is 10.6. The maximum absolute atomic E-state index is 5.04. The van der Waals surface area contributed by atoms with E-state index in [0.717, 1.165) is 50.0 Å². The van der Waals surface area contributed by atoms with E-state index >= 15 is 0 Å². The molecule has 0 bridgehead atoms. The SMILES string of the molecule is c1ccc(-c2cc(-c3ccccc3)cc(-c3ccccc3-c3nc4nc(-c5ccccc5)c5ccccc5n4n3)c2)cc1. The van der Waals surface area contributed by atoms with Crippen molar-refractivity contribution in [3.05, 3.63) is 158 Å². The summed E-state index contributed by atoms with van der Waals surface area (Å²) in [6, 6.07) is 54.7. The van der Waals surface area contributed by atoms with Gasteiger partial charge in [0.15, 0.2) is 5.82 Å². The largest absolute Gasteiger partial charge is 0.253 e. The zero-order valence-electron chi connectivity index (χ0n) is 23.3. The molecule has 0 fully saturated rings. The predicted octanol–water partition coefficient (Wildman–Crippen LogP) is 9.61. The molecule has 8 rings (SSSR count). The van der Waals surface area contributed by atoms with Gasteiger partial charge in [0.25, 0.3) is 5.78 Å². The molecule has 2 aromatic heterocycles. The lowest BCUT2D eigenvalue weighted by molar-refractivity contribution is 0.989. The van der Waals surface area contributed by atoms with E-state index in [1.807, 2.05) is 40.9 Å². The van der Waals surface area contributed by atoms with Gasteiger partial charge in [0, 0.05) is 16.5 Å². The van der Waals surface area contributed by atoms with Crippen molar-refractivity contribution in [2.75, 3.05) is 0 Å². The summed E-state index contributed by atoms with van der Waals surface area (Å²) >= 11 is 0. The highest BCUT2D eigenvalue weighted by Gasteiger charge is 2.18. The lowest BCUT2D eigenvalue weighted by Gasteiger charge is -2.13. The molecular formula is C39H26N4. The van der Waals surface area contributed by atoms with Crippen LogP contribution in [0.25, 0.3) is 72.7 Å². The van der Waals surface area contributed by atoms with Gasteiger partial charge in [-0.25, -0.2) is 4.98 Å². The average molecular weight is 551 g/mol. The second-order valence-corrected chi connectivity index (χ2v) is 10.6. The van der Waals surface area contributed by atoms with Gasteiger partial charge in [-0.3, -0.25) is 0 Å². The minimum absolute atomic E-state index is 0.574. The Balaban J connectivity index is 1.33. The van der Waals surface area contributed by atoms with Crippen molar-refractivity contribution in [3.63, 3.8) is 0 Å². The Morgan fingerprint density at radius 2 is 0.907 bits per heavy atom. The topological polar surface area (TPSA) is 43.1 Å². The number of nitrogens with zero attached hydrogens (tertiary/aromatic N) is 4. The standard InChI is InChI=1S/C39H26N4/c1-4-14-27(15-5-1)30-24-31(28-16-6-2-7-17-28)26-32(25-30)33-20-10-11-21-34(33)38-41-39-40-37(29-18-8-3-9-19-29)35-22-12-13-23-36(35)43(39)42-38/h1-26H. The van der Waals surface area contributed by atoms with Crippen molar-refractivity contribution in [2.24, 2.45) is 0 Å². The molecule has 43 heavy (non-hydrogen) atoms. The molecule has 0 spiro atoms. The fourth-order valence-corrected chi connectivity index (χ4v) is 5.79. The number of fused-ring (bicyclic) bond motifs is 3. The molecule has 4 heteroatoms. The van der Waals surface area contributed by atoms with Crippen molar-refractivity contribution in [1.82, 2.24) is 19.6 Å². The molecule has 8 aromatic rings. The van der Waals surface area contributed by atoms with Gasteiger partial charge in [-0.05, 0) is 57.6 Å². The normalized spacial score (nSPS) is 11.3. The van der Waals surface area contributed by atoms with E-state index in [1.54, 1.807) is 0 Å². The third kappa shape index (κ3) is 4.55. The molecular weight excluding hydrogens is 524 g/mol. The Morgan fingerprint density at radius 1 is 0.395 bits per heavy atom. The number of hydrogen-bond donors (Lipinski definition) is 0. The van der Waals surface area contributed by atoms with Crippen LogP contribution in [0.2, 0.25) is 0 Å². The molecule has 0 aliphatic carbocycles. The van der Waals surface area contributed by atoms with Crippen molar-refractivity contribution in [3.8, 4) is 56.0 Å². The molecule has 4 nitrogen and oxygen atoms in total. The molecule has 0 saturated heterocycles. The van der Waals surface area contributed by atoms with Crippen LogP contribution in [0.5, 0.6) is 0 Å². The Morgan fingerprint density at radius 3 is 1.56 bits per heavy atom. The van der Waals surface area contributed by atoms with E-state index in [1.165, 1.54) is 11.1 Å². The molecule has 0 radical (unpaired) electrons. The van der Waals surface area contributed by atoms with Gasteiger partial charge in [-0.1, -0.05) is 133 Å². The predicted molar refractivity (Wildman–Crippen MR) is 175 cm³/mol. The maximum atomic E-state index is 5.04. The minimum atomic E-state index is 0.574. The molecule has 0 atom stereocenters. The summed E-state index contributed by atoms with van der Waals surface area (Å²) in [6.07, 6.45) is 0. The summed E-state index contributed by atoms with van der Waals surface area (Å²) in [5.74, 6) is 1.22. The van der Waals surface area contributed by atoms with Crippen LogP contribution in [0, 0.1) is 0 Å². The first-order valence-corrected chi connectivity index (χ1v) is 14.4. The number of aromatic nitrogens is 4. The van der Waals surface area contributed by atoms with Crippen molar-refractivity contribution >= 4 is 16.7 Å². The van der Waals surface area contributed by atoms with E-state index < -0.39 is 0 Å². The molecule has 2 heterocycles. The van der Waals surface area contributed by atoms with E-state index in [-0.39, 0.29) is 0 Å². The van der Waals surface area contributed by atoms with Gasteiger partial charge in [0.2, 0.25) is 0 Å². The van der Waals surface area contributed by atoms with E-state index in [0.29, 0.717) is 11.6 Å². The van der Waals surface area contributed by atoms with E-state index in [2.05, 4.69) is 121 Å². The first kappa shape index (κ1) is 24.9. The van der Waals surface area contributed by atoms with Gasteiger partial charge >= 0.3 is 0 Å². The van der Waals surface area contributed by atoms with Gasteiger partial charge < -0.3 is 0 Å². The summed E-state index contributed by atoms with van der Waals surface area (Å²) in [7, 11) is 0. The van der Waals surface area contributed by atoms with Crippen LogP contribution >= 0.6 is 0 Å². The van der Waals surface area contributed by atoms with Crippen LogP contribution in [-0.4, -0.2) is 19.6 Å². The van der Waals surface area contributed by atoms with Gasteiger partial charge in [0.05, 0.1) is 11.2 Å². The van der Waals surface area contributed by atoms with Crippen LogP contribution in [-0.2, 0) is 0 Å². The molecule has 202 valence electrons. The third-order valence-corrected chi connectivity index (χ3v) is 7.86. The van der Waals surface area contributed by atoms with Crippen LogP contribution in [0.3, 0.4) is 0 Å². The monoisotopic (exact) mass is 550 g/mol. The summed E-state index contributed by atoms with van der Waals surface area (Å²) in [6.45, 7) is 0. The number of hydrogen-bond acceptors (Lipinski definition) is 3. The molecule has 0 aliphatic heterocycles. The summed E-state index contributed by atoms with van der Waals surface area (Å²) in [4.78, 5) is 10.0. The Kier molecular flexibility index (Phi) is 6.08. The fourth-order valence-electron chi connectivity index (χ4n) is 5.79. The van der Waals surface area contributed by atoms with E-state index in [4.69, 9.17) is 15.1 Å². The summed E-state index contributed by atoms with van der Waals surface area (Å²) in [5, 5.41) is 6.07. The number of rotatable bonds is 5. The number of benzene rings is 6. The first-order chi connectivity index (χ1) is 21.3. The van der Waals surface area contributed by atoms with E-state index in [9.17, 15) is 0 Å². The van der Waals surface area contributed by atoms with Crippen LogP contribution in [0.15, 0.2) is 158 Å². The molecule has 0 aliphatic rings. The van der Waals surface area contributed by atoms with Gasteiger partial charge in [-0.2, -0.15) is 9.50 Å². The zero-order chi connectivity index (χ0) is 28.6. The van der Waals surface area contributed by atoms with Gasteiger partial charge in [-0.15, -0.1) is 5.10 Å². The minimum Gasteiger partial charge on any atom is -0.210 e. The Labute approximate surface area is 249 Å². The second kappa shape index (κ2) is 10.5. The van der Waals surface area contributed by atoms with Crippen molar-refractivity contribution in [1.29, 1.82) is 0 Å². The highest BCUT2D eigenvalue weighted by Crippen LogP contribution is 2.37. The van der Waals surface area contributed by atoms with Crippen LogP contribution in [0.1, 0.15) is 0 Å². The van der Waals surface area contributed by atoms with Crippen LogP contribution < -0.4 is 0 Å². The maximum Gasteiger partial charge on any atom is 0.253 e. The highest BCUT2D eigenvalue weighted by molar-refractivity contribution is 5.94. The molecule has 6 aromatic carbocycles. The molecule has 0 N–H and O–H groups in total. The Bertz CT molecular complexity index is 2160. The quantitative estimate of drug-likeness (QED) is 0.214. The lowest BCUT2D eigenvalue weighted by atomic mass is 9.91. The van der Waals surface area contributed by atoms with Crippen molar-refractivity contribution in [2.45, 2.75) is 0 Å². The lowest BCUT2D eigenvalue weighted by Crippen LogP contribution is -1.97. The van der Waals surface area contributed by atoms with Crippen molar-refractivity contribution < 1.29 is 0 Å². The van der Waals surface area contributed by atoms with Crippen LogP contribution in [0.4, 0.5) is 0 Å². The smallest absolute Gasteiger partial charge is 0.210 e. The first-order valence-electron chi connectivity index (χ1n) is 14.4. The third-order valence-electron chi connectivity index (χ3n) is 7.86. The Hall–Kier alpha value is -5.87. The molecule has 0 saturated carbocycles. The molecule has 0 unspecified atom stereocenters. The summed E-state index contributed by atoms with van der Waals surface area (Å²) in [5.41, 5.74) is 10.7. The highest BCUT2D eigenvalue weighted by atomic mass is 15.3.